The van der Waals surface area contributed by atoms with Gasteiger partial charge in [0.05, 0.1) is 0 Å². The Balaban J connectivity index is 1.91. The molecular weight excluding hydrogens is 232 g/mol. The molecule has 2 aliphatic rings. The molecule has 2 nitrogen and oxygen atoms in total. The first-order chi connectivity index (χ1) is 9.29. The molecule has 2 atom stereocenters. The highest BCUT2D eigenvalue weighted by Gasteiger charge is 2.38. The highest BCUT2D eigenvalue weighted by atomic mass is 15.2. The number of hydrogen-bond acceptors (Lipinski definition) is 2. The van der Waals surface area contributed by atoms with E-state index in [1.165, 1.54) is 49.8 Å². The first-order valence-electron chi connectivity index (χ1n) is 7.82. The molecule has 1 aromatic carbocycles. The maximum atomic E-state index is 6.09. The second-order valence-electron chi connectivity index (χ2n) is 6.32. The summed E-state index contributed by atoms with van der Waals surface area (Å²) in [5.41, 5.74) is 8.91. The van der Waals surface area contributed by atoms with Crippen molar-refractivity contribution in [3.8, 4) is 0 Å². The van der Waals surface area contributed by atoms with Crippen molar-refractivity contribution in [2.24, 2.45) is 11.7 Å². The molecule has 1 heterocycles. The van der Waals surface area contributed by atoms with Crippen LogP contribution in [0.1, 0.15) is 49.3 Å². The second-order valence-corrected chi connectivity index (χ2v) is 6.32. The van der Waals surface area contributed by atoms with Gasteiger partial charge in [-0.2, -0.15) is 0 Å². The molecule has 2 fully saturated rings. The third-order valence-corrected chi connectivity index (χ3v) is 4.78. The predicted octanol–water partition coefficient (Wildman–Crippen LogP) is 3.26. The first kappa shape index (κ1) is 13.1. The first-order valence-corrected chi connectivity index (χ1v) is 7.82. The van der Waals surface area contributed by atoms with Crippen LogP contribution in [0.25, 0.3) is 0 Å². The van der Waals surface area contributed by atoms with Crippen molar-refractivity contribution in [1.29, 1.82) is 0 Å². The number of nitrogens with zero attached hydrogens (tertiary/aromatic N) is 1. The van der Waals surface area contributed by atoms with Crippen LogP contribution in [0.15, 0.2) is 24.3 Å². The van der Waals surface area contributed by atoms with Gasteiger partial charge in [-0.25, -0.2) is 0 Å². The fraction of sp³-hybridized carbons (Fsp3) is 0.647. The molecule has 0 spiro atoms. The number of rotatable bonds is 3. The van der Waals surface area contributed by atoms with Gasteiger partial charge in [0.25, 0.3) is 0 Å². The molecule has 1 saturated heterocycles. The van der Waals surface area contributed by atoms with E-state index < -0.39 is 0 Å². The Morgan fingerprint density at radius 2 is 1.84 bits per heavy atom. The van der Waals surface area contributed by atoms with Crippen LogP contribution >= 0.6 is 0 Å². The molecule has 104 valence electrons. The third-order valence-electron chi connectivity index (χ3n) is 4.78. The van der Waals surface area contributed by atoms with Gasteiger partial charge in [0.2, 0.25) is 0 Å². The van der Waals surface area contributed by atoms with Crippen LogP contribution in [0.2, 0.25) is 0 Å². The van der Waals surface area contributed by atoms with Crippen LogP contribution in [0, 0.1) is 12.8 Å². The molecule has 3 rings (SSSR count). The molecular formula is C17H26N2. The summed E-state index contributed by atoms with van der Waals surface area (Å²) in [6.45, 7) is 4.25. The fourth-order valence-electron chi connectivity index (χ4n) is 3.56. The van der Waals surface area contributed by atoms with Gasteiger partial charge in [0.1, 0.15) is 0 Å². The predicted molar refractivity (Wildman–Crippen MR) is 80.0 cm³/mol. The molecule has 19 heavy (non-hydrogen) atoms. The number of likely N-dealkylation sites (tertiary alicyclic amines) is 1. The van der Waals surface area contributed by atoms with Crippen LogP contribution in [0.4, 0.5) is 0 Å². The van der Waals surface area contributed by atoms with Crippen molar-refractivity contribution in [2.45, 2.75) is 51.1 Å². The van der Waals surface area contributed by atoms with Gasteiger partial charge in [0, 0.05) is 12.1 Å². The topological polar surface area (TPSA) is 29.3 Å². The van der Waals surface area contributed by atoms with Crippen LogP contribution in [0.5, 0.6) is 0 Å². The van der Waals surface area contributed by atoms with E-state index in [0.717, 1.165) is 12.6 Å². The Morgan fingerprint density at radius 3 is 2.47 bits per heavy atom. The van der Waals surface area contributed by atoms with E-state index in [1.807, 2.05) is 0 Å². The molecule has 2 heteroatoms. The lowest BCUT2D eigenvalue weighted by Gasteiger charge is -2.35. The van der Waals surface area contributed by atoms with Crippen molar-refractivity contribution in [2.75, 3.05) is 13.1 Å². The maximum Gasteiger partial charge on any atom is 0.0391 e. The van der Waals surface area contributed by atoms with Crippen LogP contribution in [-0.2, 0) is 0 Å². The van der Waals surface area contributed by atoms with Crippen molar-refractivity contribution < 1.29 is 0 Å². The quantitative estimate of drug-likeness (QED) is 0.901. The van der Waals surface area contributed by atoms with Gasteiger partial charge < -0.3 is 5.73 Å². The Kier molecular flexibility index (Phi) is 3.90. The summed E-state index contributed by atoms with van der Waals surface area (Å²) in [6.07, 6.45) is 6.75. The summed E-state index contributed by atoms with van der Waals surface area (Å²) in [5, 5.41) is 0. The standard InChI is InChI=1S/C17H26N2/c1-13-5-7-14(8-6-13)17-15(12-18)4-2-3-11-19(17)16-9-10-16/h5-8,15-17H,2-4,9-12,18H2,1H3. The summed E-state index contributed by atoms with van der Waals surface area (Å²) in [7, 11) is 0. The zero-order chi connectivity index (χ0) is 13.2. The van der Waals surface area contributed by atoms with E-state index in [4.69, 9.17) is 5.73 Å². The molecule has 2 unspecified atom stereocenters. The van der Waals surface area contributed by atoms with E-state index in [9.17, 15) is 0 Å². The fourth-order valence-corrected chi connectivity index (χ4v) is 3.56. The Bertz CT molecular complexity index is 408. The van der Waals surface area contributed by atoms with E-state index in [0.29, 0.717) is 12.0 Å². The third kappa shape index (κ3) is 2.85. The lowest BCUT2D eigenvalue weighted by Crippen LogP contribution is -2.37. The van der Waals surface area contributed by atoms with Crippen LogP contribution in [-0.4, -0.2) is 24.0 Å². The van der Waals surface area contributed by atoms with Gasteiger partial charge in [-0.1, -0.05) is 36.2 Å². The minimum atomic E-state index is 0.556. The molecule has 0 aromatic heterocycles. The zero-order valence-electron chi connectivity index (χ0n) is 12.0. The monoisotopic (exact) mass is 258 g/mol. The SMILES string of the molecule is Cc1ccc(C2C(CN)CCCCN2C2CC2)cc1. The summed E-state index contributed by atoms with van der Waals surface area (Å²) in [6, 6.07) is 10.5. The summed E-state index contributed by atoms with van der Waals surface area (Å²) >= 11 is 0. The van der Waals surface area contributed by atoms with Gasteiger partial charge in [-0.15, -0.1) is 0 Å². The van der Waals surface area contributed by atoms with Crippen molar-refractivity contribution in [3.63, 3.8) is 0 Å². The average molecular weight is 258 g/mol. The molecule has 1 aromatic rings. The Labute approximate surface area is 117 Å². The van der Waals surface area contributed by atoms with Crippen molar-refractivity contribution in [1.82, 2.24) is 4.90 Å². The van der Waals surface area contributed by atoms with Gasteiger partial charge in [-0.05, 0) is 57.2 Å². The van der Waals surface area contributed by atoms with E-state index in [2.05, 4.69) is 36.1 Å². The van der Waals surface area contributed by atoms with E-state index in [1.54, 1.807) is 0 Å². The molecule has 0 bridgehead atoms. The van der Waals surface area contributed by atoms with Gasteiger partial charge in [0.15, 0.2) is 0 Å². The molecule has 1 aliphatic carbocycles. The summed E-state index contributed by atoms with van der Waals surface area (Å²) < 4.78 is 0. The molecule has 1 saturated carbocycles. The van der Waals surface area contributed by atoms with Gasteiger partial charge >= 0.3 is 0 Å². The number of aryl methyl sites for hydroxylation is 1. The van der Waals surface area contributed by atoms with Crippen LogP contribution in [0.3, 0.4) is 0 Å². The normalized spacial score (nSPS) is 29.2. The highest BCUT2D eigenvalue weighted by molar-refractivity contribution is 5.25. The smallest absolute Gasteiger partial charge is 0.0391 e. The largest absolute Gasteiger partial charge is 0.330 e. The highest BCUT2D eigenvalue weighted by Crippen LogP contribution is 2.41. The van der Waals surface area contributed by atoms with Crippen molar-refractivity contribution in [3.05, 3.63) is 35.4 Å². The lowest BCUT2D eigenvalue weighted by atomic mass is 9.89. The zero-order valence-corrected chi connectivity index (χ0v) is 12.0. The number of nitrogens with two attached hydrogens (primary N) is 1. The minimum absolute atomic E-state index is 0.556. The molecule has 1 aliphatic heterocycles. The average Bonchev–Trinajstić information content (AvgIpc) is 3.25. The summed E-state index contributed by atoms with van der Waals surface area (Å²) in [4.78, 5) is 2.76. The maximum absolute atomic E-state index is 6.09. The minimum Gasteiger partial charge on any atom is -0.330 e. The van der Waals surface area contributed by atoms with Crippen molar-refractivity contribution >= 4 is 0 Å². The second kappa shape index (κ2) is 5.64. The van der Waals surface area contributed by atoms with Crippen LogP contribution < -0.4 is 5.73 Å². The summed E-state index contributed by atoms with van der Waals surface area (Å²) in [5.74, 6) is 0.630. The Morgan fingerprint density at radius 1 is 1.11 bits per heavy atom. The van der Waals surface area contributed by atoms with E-state index in [-0.39, 0.29) is 0 Å². The molecule has 0 amide bonds. The molecule has 2 N–H and O–H groups in total. The Hall–Kier alpha value is -0.860. The molecule has 0 radical (unpaired) electrons. The number of hydrogen-bond donors (Lipinski definition) is 1. The van der Waals surface area contributed by atoms with E-state index >= 15 is 0 Å². The van der Waals surface area contributed by atoms with Gasteiger partial charge in [-0.3, -0.25) is 4.90 Å². The lowest BCUT2D eigenvalue weighted by molar-refractivity contribution is 0.149. The number of benzene rings is 1.